The second-order valence-corrected chi connectivity index (χ2v) is 6.35. The standard InChI is InChI=1S/C15H17BrN4O/c1-20-6-4-11(5-7-20)19-15(21)14-12-8-10(16)2-3-13(12)17-9-18-14/h2-3,8-9,11H,4-7H2,1H3,(H,19,21). The van der Waals surface area contributed by atoms with Gasteiger partial charge < -0.3 is 10.2 Å². The van der Waals surface area contributed by atoms with Crippen LogP contribution in [0.1, 0.15) is 23.3 Å². The summed E-state index contributed by atoms with van der Waals surface area (Å²) in [5.74, 6) is -0.116. The van der Waals surface area contributed by atoms with Crippen LogP contribution in [0.5, 0.6) is 0 Å². The molecule has 3 rings (SSSR count). The zero-order valence-electron chi connectivity index (χ0n) is 11.8. The van der Waals surface area contributed by atoms with Crippen LogP contribution >= 0.6 is 15.9 Å². The molecule has 2 heterocycles. The Morgan fingerprint density at radius 3 is 2.86 bits per heavy atom. The third-order valence-electron chi connectivity index (χ3n) is 3.87. The SMILES string of the molecule is CN1CCC(NC(=O)c2ncnc3ccc(Br)cc23)CC1. The van der Waals surface area contributed by atoms with E-state index in [0.717, 1.165) is 41.3 Å². The maximum Gasteiger partial charge on any atom is 0.270 e. The van der Waals surface area contributed by atoms with Gasteiger partial charge in [-0.15, -0.1) is 0 Å². The quantitative estimate of drug-likeness (QED) is 0.903. The van der Waals surface area contributed by atoms with E-state index in [9.17, 15) is 4.79 Å². The molecule has 0 unspecified atom stereocenters. The fraction of sp³-hybridized carbons (Fsp3) is 0.400. The monoisotopic (exact) mass is 348 g/mol. The van der Waals surface area contributed by atoms with E-state index in [-0.39, 0.29) is 11.9 Å². The van der Waals surface area contributed by atoms with Crippen LogP contribution in [0.2, 0.25) is 0 Å². The van der Waals surface area contributed by atoms with Crippen molar-refractivity contribution in [3.63, 3.8) is 0 Å². The maximum absolute atomic E-state index is 12.5. The summed E-state index contributed by atoms with van der Waals surface area (Å²) in [6.45, 7) is 2.03. The van der Waals surface area contributed by atoms with Gasteiger partial charge in [0.15, 0.2) is 0 Å². The molecule has 6 heteroatoms. The average Bonchev–Trinajstić information content (AvgIpc) is 2.49. The summed E-state index contributed by atoms with van der Waals surface area (Å²) >= 11 is 3.43. The number of benzene rings is 1. The van der Waals surface area contributed by atoms with Gasteiger partial charge in [0.25, 0.3) is 5.91 Å². The minimum absolute atomic E-state index is 0.116. The summed E-state index contributed by atoms with van der Waals surface area (Å²) in [4.78, 5) is 23.1. The van der Waals surface area contributed by atoms with Gasteiger partial charge in [-0.1, -0.05) is 15.9 Å². The van der Waals surface area contributed by atoms with Gasteiger partial charge >= 0.3 is 0 Å². The summed E-state index contributed by atoms with van der Waals surface area (Å²) in [5, 5.41) is 3.87. The van der Waals surface area contributed by atoms with E-state index < -0.39 is 0 Å². The highest BCUT2D eigenvalue weighted by atomic mass is 79.9. The number of carbonyl (C=O) groups is 1. The number of piperidine rings is 1. The second kappa shape index (κ2) is 6.07. The van der Waals surface area contributed by atoms with Gasteiger partial charge in [-0.2, -0.15) is 0 Å². The fourth-order valence-corrected chi connectivity index (χ4v) is 2.98. The van der Waals surface area contributed by atoms with Crippen LogP contribution in [0.15, 0.2) is 29.0 Å². The number of carbonyl (C=O) groups excluding carboxylic acids is 1. The molecule has 1 N–H and O–H groups in total. The van der Waals surface area contributed by atoms with Crippen LogP contribution in [0.4, 0.5) is 0 Å². The zero-order chi connectivity index (χ0) is 14.8. The normalized spacial score (nSPS) is 17.0. The van der Waals surface area contributed by atoms with Crippen molar-refractivity contribution < 1.29 is 4.79 Å². The molecule has 1 amide bonds. The topological polar surface area (TPSA) is 58.1 Å². The van der Waals surface area contributed by atoms with E-state index in [1.807, 2.05) is 18.2 Å². The Balaban J connectivity index is 1.83. The lowest BCUT2D eigenvalue weighted by Crippen LogP contribution is -2.43. The largest absolute Gasteiger partial charge is 0.348 e. The number of likely N-dealkylation sites (tertiary alicyclic amines) is 1. The van der Waals surface area contributed by atoms with E-state index in [4.69, 9.17) is 0 Å². The van der Waals surface area contributed by atoms with Crippen molar-refractivity contribution in [3.8, 4) is 0 Å². The summed E-state index contributed by atoms with van der Waals surface area (Å²) in [7, 11) is 2.10. The summed E-state index contributed by atoms with van der Waals surface area (Å²) < 4.78 is 0.915. The van der Waals surface area contributed by atoms with Gasteiger partial charge in [0.1, 0.15) is 12.0 Å². The van der Waals surface area contributed by atoms with Crippen LogP contribution in [0.25, 0.3) is 10.9 Å². The van der Waals surface area contributed by atoms with Crippen molar-refractivity contribution in [2.24, 2.45) is 0 Å². The van der Waals surface area contributed by atoms with Crippen molar-refractivity contribution in [2.45, 2.75) is 18.9 Å². The number of rotatable bonds is 2. The molecular formula is C15H17BrN4O. The molecule has 2 aromatic rings. The predicted molar refractivity (Wildman–Crippen MR) is 85.2 cm³/mol. The Hall–Kier alpha value is -1.53. The molecule has 5 nitrogen and oxygen atoms in total. The van der Waals surface area contributed by atoms with Gasteiger partial charge in [-0.25, -0.2) is 9.97 Å². The minimum Gasteiger partial charge on any atom is -0.348 e. The van der Waals surface area contributed by atoms with Gasteiger partial charge in [-0.05, 0) is 51.2 Å². The third-order valence-corrected chi connectivity index (χ3v) is 4.36. The maximum atomic E-state index is 12.5. The predicted octanol–water partition coefficient (Wildman–Crippen LogP) is 2.22. The van der Waals surface area contributed by atoms with E-state index in [1.165, 1.54) is 6.33 Å². The third kappa shape index (κ3) is 3.22. The molecule has 0 aliphatic carbocycles. The van der Waals surface area contributed by atoms with Gasteiger partial charge in [-0.3, -0.25) is 4.79 Å². The smallest absolute Gasteiger partial charge is 0.270 e. The first-order valence-electron chi connectivity index (χ1n) is 7.03. The van der Waals surface area contributed by atoms with E-state index in [1.54, 1.807) is 0 Å². The first-order chi connectivity index (χ1) is 10.1. The lowest BCUT2D eigenvalue weighted by molar-refractivity contribution is 0.0913. The van der Waals surface area contributed by atoms with Crippen molar-refractivity contribution in [3.05, 3.63) is 34.7 Å². The highest BCUT2D eigenvalue weighted by Gasteiger charge is 2.21. The summed E-state index contributed by atoms with van der Waals surface area (Å²) in [6, 6.07) is 5.91. The van der Waals surface area contributed by atoms with Crippen molar-refractivity contribution in [1.29, 1.82) is 0 Å². The Kier molecular flexibility index (Phi) is 4.17. The highest BCUT2D eigenvalue weighted by molar-refractivity contribution is 9.10. The number of hydrogen-bond acceptors (Lipinski definition) is 4. The minimum atomic E-state index is -0.116. The molecule has 21 heavy (non-hydrogen) atoms. The van der Waals surface area contributed by atoms with Crippen molar-refractivity contribution in [1.82, 2.24) is 20.2 Å². The van der Waals surface area contributed by atoms with Crippen LogP contribution < -0.4 is 5.32 Å². The first-order valence-corrected chi connectivity index (χ1v) is 7.82. The zero-order valence-corrected chi connectivity index (χ0v) is 13.4. The highest BCUT2D eigenvalue weighted by Crippen LogP contribution is 2.20. The van der Waals surface area contributed by atoms with E-state index >= 15 is 0 Å². The first kappa shape index (κ1) is 14.4. The molecular weight excluding hydrogens is 332 g/mol. The lowest BCUT2D eigenvalue weighted by atomic mass is 10.1. The lowest BCUT2D eigenvalue weighted by Gasteiger charge is -2.29. The van der Waals surface area contributed by atoms with Gasteiger partial charge in [0.05, 0.1) is 5.52 Å². The van der Waals surface area contributed by atoms with Crippen LogP contribution in [-0.4, -0.2) is 47.0 Å². The number of aromatic nitrogens is 2. The number of fused-ring (bicyclic) bond motifs is 1. The molecule has 110 valence electrons. The molecule has 0 atom stereocenters. The Morgan fingerprint density at radius 2 is 2.10 bits per heavy atom. The molecule has 0 bridgehead atoms. The number of nitrogens with one attached hydrogen (secondary N) is 1. The average molecular weight is 349 g/mol. The number of halogens is 1. The summed E-state index contributed by atoms with van der Waals surface area (Å²) in [5.41, 5.74) is 1.22. The molecule has 1 saturated heterocycles. The molecule has 1 fully saturated rings. The van der Waals surface area contributed by atoms with Crippen LogP contribution in [0, 0.1) is 0 Å². The van der Waals surface area contributed by atoms with Crippen LogP contribution in [0.3, 0.4) is 0 Å². The van der Waals surface area contributed by atoms with Crippen LogP contribution in [-0.2, 0) is 0 Å². The van der Waals surface area contributed by atoms with Gasteiger partial charge in [0.2, 0.25) is 0 Å². The van der Waals surface area contributed by atoms with Crippen molar-refractivity contribution >= 4 is 32.7 Å². The van der Waals surface area contributed by atoms with Crippen molar-refractivity contribution in [2.75, 3.05) is 20.1 Å². The number of amides is 1. The molecule has 0 radical (unpaired) electrons. The van der Waals surface area contributed by atoms with E-state index in [0.29, 0.717) is 5.69 Å². The molecule has 0 spiro atoms. The number of hydrogen-bond donors (Lipinski definition) is 1. The Labute approximate surface area is 131 Å². The molecule has 1 aliphatic rings. The second-order valence-electron chi connectivity index (χ2n) is 5.43. The fourth-order valence-electron chi connectivity index (χ4n) is 2.62. The Bertz CT molecular complexity index is 668. The number of nitrogens with zero attached hydrogens (tertiary/aromatic N) is 3. The molecule has 1 aliphatic heterocycles. The Morgan fingerprint density at radius 1 is 1.33 bits per heavy atom. The molecule has 0 saturated carbocycles. The summed E-state index contributed by atoms with van der Waals surface area (Å²) in [6.07, 6.45) is 3.41. The molecule has 1 aromatic heterocycles. The van der Waals surface area contributed by atoms with E-state index in [2.05, 4.69) is 43.2 Å². The van der Waals surface area contributed by atoms with Gasteiger partial charge in [0, 0.05) is 15.9 Å². The molecule has 1 aromatic carbocycles.